The van der Waals surface area contributed by atoms with Crippen molar-refractivity contribution in [3.63, 3.8) is 0 Å². The first-order valence-electron chi connectivity index (χ1n) is 6.39. The second-order valence-corrected chi connectivity index (χ2v) is 5.32. The number of piperidine rings is 1. The third-order valence-corrected chi connectivity index (χ3v) is 3.78. The zero-order chi connectivity index (χ0) is 11.9. The van der Waals surface area contributed by atoms with E-state index in [2.05, 4.69) is 42.3 Å². The third-order valence-electron chi connectivity index (χ3n) is 3.78. The normalized spacial score (nSPS) is 25.3. The van der Waals surface area contributed by atoms with Crippen molar-refractivity contribution in [2.45, 2.75) is 38.6 Å². The number of hydrogen-bond donors (Lipinski definition) is 2. The molecule has 1 saturated heterocycles. The van der Waals surface area contributed by atoms with Gasteiger partial charge in [-0.2, -0.15) is 0 Å². The van der Waals surface area contributed by atoms with Gasteiger partial charge in [-0.1, -0.05) is 6.07 Å². The minimum Gasteiger partial charge on any atom is -0.340 e. The van der Waals surface area contributed by atoms with Gasteiger partial charge in [0.15, 0.2) is 0 Å². The zero-order valence-corrected chi connectivity index (χ0v) is 10.5. The lowest BCUT2D eigenvalue weighted by atomic mass is 9.90. The van der Waals surface area contributed by atoms with E-state index in [-0.39, 0.29) is 5.54 Å². The Balaban J connectivity index is 2.05. The van der Waals surface area contributed by atoms with Crippen molar-refractivity contribution in [1.29, 1.82) is 0 Å². The summed E-state index contributed by atoms with van der Waals surface area (Å²) in [7, 11) is 0. The number of aromatic nitrogens is 2. The Morgan fingerprint density at radius 3 is 2.94 bits per heavy atom. The average Bonchev–Trinajstić information content (AvgIpc) is 2.73. The highest BCUT2D eigenvalue weighted by molar-refractivity contribution is 5.76. The van der Waals surface area contributed by atoms with E-state index >= 15 is 0 Å². The maximum Gasteiger partial charge on any atom is 0.127 e. The highest BCUT2D eigenvalue weighted by Crippen LogP contribution is 2.29. The maximum atomic E-state index is 4.73. The molecule has 0 amide bonds. The molecule has 2 aromatic rings. The lowest BCUT2D eigenvalue weighted by Crippen LogP contribution is -2.44. The number of hydrogen-bond acceptors (Lipinski definition) is 2. The van der Waals surface area contributed by atoms with Gasteiger partial charge in [0.2, 0.25) is 0 Å². The van der Waals surface area contributed by atoms with Crippen LogP contribution in [0, 0.1) is 6.92 Å². The Kier molecular flexibility index (Phi) is 2.44. The van der Waals surface area contributed by atoms with Crippen molar-refractivity contribution < 1.29 is 0 Å². The van der Waals surface area contributed by atoms with E-state index in [9.17, 15) is 0 Å². The first-order chi connectivity index (χ1) is 8.17. The lowest BCUT2D eigenvalue weighted by molar-refractivity contribution is 0.271. The highest BCUT2D eigenvalue weighted by Gasteiger charge is 2.31. The van der Waals surface area contributed by atoms with Crippen LogP contribution in [0.15, 0.2) is 18.2 Å². The second kappa shape index (κ2) is 3.84. The molecule has 1 aliphatic rings. The molecule has 2 N–H and O–H groups in total. The number of rotatable bonds is 1. The molecule has 0 saturated carbocycles. The molecule has 3 rings (SSSR count). The molecular formula is C14H19N3. The van der Waals surface area contributed by atoms with Crippen LogP contribution in [-0.4, -0.2) is 16.5 Å². The molecule has 0 radical (unpaired) electrons. The Hall–Kier alpha value is -1.35. The monoisotopic (exact) mass is 229 g/mol. The summed E-state index contributed by atoms with van der Waals surface area (Å²) in [6.45, 7) is 5.45. The number of H-pyrrole nitrogens is 1. The zero-order valence-electron chi connectivity index (χ0n) is 10.5. The Bertz CT molecular complexity index is 535. The van der Waals surface area contributed by atoms with Gasteiger partial charge in [0, 0.05) is 0 Å². The molecule has 2 heterocycles. The maximum absolute atomic E-state index is 4.73. The van der Waals surface area contributed by atoms with E-state index in [1.54, 1.807) is 0 Å². The summed E-state index contributed by atoms with van der Waals surface area (Å²) in [4.78, 5) is 8.20. The quantitative estimate of drug-likeness (QED) is 0.789. The molecular weight excluding hydrogens is 210 g/mol. The molecule has 17 heavy (non-hydrogen) atoms. The number of fused-ring (bicyclic) bond motifs is 1. The summed E-state index contributed by atoms with van der Waals surface area (Å²) in [5.74, 6) is 1.08. The van der Waals surface area contributed by atoms with Crippen molar-refractivity contribution in [1.82, 2.24) is 15.3 Å². The summed E-state index contributed by atoms with van der Waals surface area (Å²) in [5.41, 5.74) is 3.51. The van der Waals surface area contributed by atoms with E-state index in [0.717, 1.165) is 29.8 Å². The van der Waals surface area contributed by atoms with E-state index < -0.39 is 0 Å². The van der Waals surface area contributed by atoms with Crippen molar-refractivity contribution in [2.75, 3.05) is 6.54 Å². The number of imidazole rings is 1. The summed E-state index contributed by atoms with van der Waals surface area (Å²) >= 11 is 0. The second-order valence-electron chi connectivity index (χ2n) is 5.32. The number of nitrogens with zero attached hydrogens (tertiary/aromatic N) is 1. The van der Waals surface area contributed by atoms with E-state index in [1.165, 1.54) is 18.4 Å². The molecule has 0 aliphatic carbocycles. The first kappa shape index (κ1) is 10.8. The molecule has 0 bridgehead atoms. The molecule has 1 aliphatic heterocycles. The molecule has 1 unspecified atom stereocenters. The molecule has 1 aromatic heterocycles. The van der Waals surface area contributed by atoms with Gasteiger partial charge in [-0.25, -0.2) is 4.98 Å². The van der Waals surface area contributed by atoms with Crippen molar-refractivity contribution in [3.8, 4) is 0 Å². The standard InChI is InChI=1S/C14H19N3/c1-10-5-6-11-12(9-10)17-13(16-11)14(2)7-3-4-8-15-14/h5-6,9,15H,3-4,7-8H2,1-2H3,(H,16,17). The minimum atomic E-state index is 0.0190. The highest BCUT2D eigenvalue weighted by atomic mass is 15.1. The molecule has 1 fully saturated rings. The van der Waals surface area contributed by atoms with Crippen LogP contribution >= 0.6 is 0 Å². The molecule has 3 heteroatoms. The van der Waals surface area contributed by atoms with Crippen molar-refractivity contribution in [2.24, 2.45) is 0 Å². The van der Waals surface area contributed by atoms with Crippen LogP contribution in [0.1, 0.15) is 37.6 Å². The largest absolute Gasteiger partial charge is 0.340 e. The van der Waals surface area contributed by atoms with Gasteiger partial charge in [-0.15, -0.1) is 0 Å². The summed E-state index contributed by atoms with van der Waals surface area (Å²) in [5, 5.41) is 3.59. The van der Waals surface area contributed by atoms with Crippen molar-refractivity contribution >= 4 is 11.0 Å². The van der Waals surface area contributed by atoms with Crippen LogP contribution in [0.25, 0.3) is 11.0 Å². The molecule has 0 spiro atoms. The third kappa shape index (κ3) is 1.84. The number of nitrogens with one attached hydrogen (secondary N) is 2. The lowest BCUT2D eigenvalue weighted by Gasteiger charge is -2.33. The smallest absolute Gasteiger partial charge is 0.127 e. The van der Waals surface area contributed by atoms with Gasteiger partial charge < -0.3 is 10.3 Å². The van der Waals surface area contributed by atoms with Crippen LogP contribution < -0.4 is 5.32 Å². The predicted octanol–water partition coefficient (Wildman–Crippen LogP) is 2.86. The van der Waals surface area contributed by atoms with Crippen LogP contribution in [0.5, 0.6) is 0 Å². The molecule has 1 aromatic carbocycles. The first-order valence-corrected chi connectivity index (χ1v) is 6.39. The average molecular weight is 229 g/mol. The fourth-order valence-corrected chi connectivity index (χ4v) is 2.64. The van der Waals surface area contributed by atoms with Crippen LogP contribution in [0.3, 0.4) is 0 Å². The van der Waals surface area contributed by atoms with Crippen LogP contribution in [-0.2, 0) is 5.54 Å². The van der Waals surface area contributed by atoms with Gasteiger partial charge in [-0.3, -0.25) is 0 Å². The van der Waals surface area contributed by atoms with E-state index in [1.807, 2.05) is 0 Å². The fourth-order valence-electron chi connectivity index (χ4n) is 2.64. The van der Waals surface area contributed by atoms with Crippen LogP contribution in [0.4, 0.5) is 0 Å². The van der Waals surface area contributed by atoms with Gasteiger partial charge in [0.05, 0.1) is 16.6 Å². The van der Waals surface area contributed by atoms with Gasteiger partial charge in [0.1, 0.15) is 5.82 Å². The summed E-state index contributed by atoms with van der Waals surface area (Å²) in [6, 6.07) is 6.37. The fraction of sp³-hybridized carbons (Fsp3) is 0.500. The van der Waals surface area contributed by atoms with Crippen molar-refractivity contribution in [3.05, 3.63) is 29.6 Å². The van der Waals surface area contributed by atoms with Crippen LogP contribution in [0.2, 0.25) is 0 Å². The summed E-state index contributed by atoms with van der Waals surface area (Å²) < 4.78 is 0. The molecule has 90 valence electrons. The Morgan fingerprint density at radius 1 is 1.29 bits per heavy atom. The topological polar surface area (TPSA) is 40.7 Å². The molecule has 1 atom stereocenters. The van der Waals surface area contributed by atoms with E-state index in [4.69, 9.17) is 4.98 Å². The SMILES string of the molecule is Cc1ccc2nc(C3(C)CCCCN3)[nH]c2c1. The Morgan fingerprint density at radius 2 is 2.18 bits per heavy atom. The minimum absolute atomic E-state index is 0.0190. The van der Waals surface area contributed by atoms with E-state index in [0.29, 0.717) is 0 Å². The van der Waals surface area contributed by atoms with Gasteiger partial charge in [-0.05, 0) is 57.4 Å². The number of aromatic amines is 1. The number of benzene rings is 1. The van der Waals surface area contributed by atoms with Gasteiger partial charge >= 0.3 is 0 Å². The summed E-state index contributed by atoms with van der Waals surface area (Å²) in [6.07, 6.45) is 3.71. The van der Waals surface area contributed by atoms with Gasteiger partial charge in [0.25, 0.3) is 0 Å². The Labute approximate surface area is 102 Å². The molecule has 3 nitrogen and oxygen atoms in total. The predicted molar refractivity (Wildman–Crippen MR) is 70.0 cm³/mol. The number of aryl methyl sites for hydroxylation is 1.